The summed E-state index contributed by atoms with van der Waals surface area (Å²) in [6, 6.07) is 7.34. The minimum Gasteiger partial charge on any atom is -0.383 e. The number of anilines is 1. The van der Waals surface area contributed by atoms with Gasteiger partial charge in [-0.1, -0.05) is 6.07 Å². The van der Waals surface area contributed by atoms with Crippen LogP contribution in [0.4, 0.5) is 5.69 Å². The topological polar surface area (TPSA) is 70.0 Å². The summed E-state index contributed by atoms with van der Waals surface area (Å²) in [6.45, 7) is 0.296. The predicted molar refractivity (Wildman–Crippen MR) is 67.1 cm³/mol. The molecule has 4 nitrogen and oxygen atoms in total. The van der Waals surface area contributed by atoms with Crippen molar-refractivity contribution in [1.82, 2.24) is 0 Å². The fourth-order valence-electron chi connectivity index (χ4n) is 1.16. The molecular formula is C10H11BrN2O2S. The summed E-state index contributed by atoms with van der Waals surface area (Å²) in [7, 11) is -2.98. The van der Waals surface area contributed by atoms with Gasteiger partial charge >= 0.3 is 0 Å². The van der Waals surface area contributed by atoms with Crippen molar-refractivity contribution < 1.29 is 8.42 Å². The average Bonchev–Trinajstić information content (AvgIpc) is 2.16. The zero-order valence-corrected chi connectivity index (χ0v) is 11.1. The van der Waals surface area contributed by atoms with Gasteiger partial charge in [0.2, 0.25) is 0 Å². The highest BCUT2D eigenvalue weighted by Crippen LogP contribution is 2.23. The zero-order chi connectivity index (χ0) is 12.2. The summed E-state index contributed by atoms with van der Waals surface area (Å²) in [4.78, 5) is 0. The summed E-state index contributed by atoms with van der Waals surface area (Å²) in [5.41, 5.74) is 1.12. The highest BCUT2D eigenvalue weighted by Gasteiger charge is 2.06. The zero-order valence-electron chi connectivity index (χ0n) is 8.70. The Morgan fingerprint density at radius 3 is 2.75 bits per heavy atom. The van der Waals surface area contributed by atoms with Crippen LogP contribution in [-0.2, 0) is 9.84 Å². The molecule has 0 saturated carbocycles. The first-order valence-electron chi connectivity index (χ1n) is 4.54. The van der Waals surface area contributed by atoms with Crippen LogP contribution in [0.2, 0.25) is 0 Å². The highest BCUT2D eigenvalue weighted by molar-refractivity contribution is 9.10. The molecule has 1 aromatic carbocycles. The Bertz CT molecular complexity index is 520. The first kappa shape index (κ1) is 13.0. The molecule has 0 aromatic heterocycles. The van der Waals surface area contributed by atoms with Crippen LogP contribution in [0.3, 0.4) is 0 Å². The summed E-state index contributed by atoms with van der Waals surface area (Å²) in [5.74, 6) is 0.0460. The fourth-order valence-corrected chi connectivity index (χ4v) is 2.08. The summed E-state index contributed by atoms with van der Waals surface area (Å²) < 4.78 is 22.6. The molecule has 6 heteroatoms. The van der Waals surface area contributed by atoms with Crippen LogP contribution in [0, 0.1) is 11.3 Å². The third kappa shape index (κ3) is 3.83. The second kappa shape index (κ2) is 5.32. The van der Waals surface area contributed by atoms with Crippen LogP contribution in [-0.4, -0.2) is 27.0 Å². The predicted octanol–water partition coefficient (Wildman–Crippen LogP) is 1.78. The van der Waals surface area contributed by atoms with E-state index in [-0.39, 0.29) is 5.75 Å². The molecule has 0 saturated heterocycles. The van der Waals surface area contributed by atoms with Crippen LogP contribution in [0.15, 0.2) is 22.7 Å². The maximum atomic E-state index is 10.9. The Labute approximate surface area is 103 Å². The normalized spacial score (nSPS) is 10.8. The third-order valence-electron chi connectivity index (χ3n) is 1.91. The second-order valence-electron chi connectivity index (χ2n) is 3.33. The lowest BCUT2D eigenvalue weighted by atomic mass is 10.2. The van der Waals surface area contributed by atoms with E-state index < -0.39 is 9.84 Å². The summed E-state index contributed by atoms with van der Waals surface area (Å²) >= 11 is 3.26. The molecule has 0 fully saturated rings. The molecule has 0 aliphatic rings. The molecule has 0 spiro atoms. The molecule has 1 N–H and O–H groups in total. The lowest BCUT2D eigenvalue weighted by Gasteiger charge is -2.08. The number of nitriles is 1. The van der Waals surface area contributed by atoms with Crippen LogP contribution < -0.4 is 5.32 Å². The number of nitrogens with one attached hydrogen (secondary N) is 1. The molecule has 86 valence electrons. The Hall–Kier alpha value is -1.06. The van der Waals surface area contributed by atoms with Crippen molar-refractivity contribution in [1.29, 1.82) is 5.26 Å². The SMILES string of the molecule is CS(=O)(=O)CCNc1cccc(Br)c1C#N. The van der Waals surface area contributed by atoms with Crippen LogP contribution >= 0.6 is 15.9 Å². The van der Waals surface area contributed by atoms with Crippen molar-refractivity contribution in [2.24, 2.45) is 0 Å². The van der Waals surface area contributed by atoms with E-state index in [1.165, 1.54) is 6.26 Å². The Balaban J connectivity index is 2.76. The average molecular weight is 303 g/mol. The molecular weight excluding hydrogens is 292 g/mol. The van der Waals surface area contributed by atoms with Crippen LogP contribution in [0.1, 0.15) is 5.56 Å². The second-order valence-corrected chi connectivity index (χ2v) is 6.44. The van der Waals surface area contributed by atoms with E-state index in [1.54, 1.807) is 18.2 Å². The number of rotatable bonds is 4. The lowest BCUT2D eigenvalue weighted by molar-refractivity contribution is 0.602. The monoisotopic (exact) mass is 302 g/mol. The molecule has 0 atom stereocenters. The van der Waals surface area contributed by atoms with Crippen molar-refractivity contribution >= 4 is 31.5 Å². The molecule has 0 unspecified atom stereocenters. The Morgan fingerprint density at radius 2 is 2.19 bits per heavy atom. The molecule has 0 heterocycles. The molecule has 0 aliphatic heterocycles. The highest BCUT2D eigenvalue weighted by atomic mass is 79.9. The van der Waals surface area contributed by atoms with Gasteiger partial charge in [-0.15, -0.1) is 0 Å². The Morgan fingerprint density at radius 1 is 1.50 bits per heavy atom. The first-order chi connectivity index (χ1) is 7.44. The van der Waals surface area contributed by atoms with Gasteiger partial charge in [-0.25, -0.2) is 8.42 Å². The Kier molecular flexibility index (Phi) is 4.33. The quantitative estimate of drug-likeness (QED) is 0.920. The first-order valence-corrected chi connectivity index (χ1v) is 7.39. The number of hydrogen-bond donors (Lipinski definition) is 1. The number of nitrogens with zero attached hydrogens (tertiary/aromatic N) is 1. The molecule has 0 radical (unpaired) electrons. The van der Waals surface area contributed by atoms with Gasteiger partial charge in [0.1, 0.15) is 15.9 Å². The molecule has 16 heavy (non-hydrogen) atoms. The summed E-state index contributed by atoms with van der Waals surface area (Å²) in [6.07, 6.45) is 1.18. The van der Waals surface area contributed by atoms with E-state index in [2.05, 4.69) is 27.3 Å². The van der Waals surface area contributed by atoms with E-state index in [4.69, 9.17) is 5.26 Å². The minimum absolute atomic E-state index is 0.0460. The standard InChI is InChI=1S/C10H11BrN2O2S/c1-16(14,15)6-5-13-10-4-2-3-9(11)8(10)7-12/h2-4,13H,5-6H2,1H3. The van der Waals surface area contributed by atoms with Crippen molar-refractivity contribution in [2.45, 2.75) is 0 Å². The van der Waals surface area contributed by atoms with Gasteiger partial charge in [-0.3, -0.25) is 0 Å². The molecule has 0 bridgehead atoms. The number of benzene rings is 1. The van der Waals surface area contributed by atoms with Crippen LogP contribution in [0.5, 0.6) is 0 Å². The van der Waals surface area contributed by atoms with Gasteiger partial charge in [0.05, 0.1) is 17.0 Å². The van der Waals surface area contributed by atoms with E-state index in [1.807, 2.05) is 0 Å². The van der Waals surface area contributed by atoms with Crippen molar-refractivity contribution in [3.8, 4) is 6.07 Å². The maximum absolute atomic E-state index is 10.9. The molecule has 1 aromatic rings. The molecule has 0 amide bonds. The van der Waals surface area contributed by atoms with Gasteiger partial charge in [-0.05, 0) is 28.1 Å². The van der Waals surface area contributed by atoms with Gasteiger partial charge in [-0.2, -0.15) is 5.26 Å². The molecule has 0 aliphatic carbocycles. The van der Waals surface area contributed by atoms with Gasteiger partial charge in [0, 0.05) is 17.3 Å². The van der Waals surface area contributed by atoms with Crippen molar-refractivity contribution in [3.63, 3.8) is 0 Å². The summed E-state index contributed by atoms with van der Waals surface area (Å²) in [5, 5.41) is 11.9. The van der Waals surface area contributed by atoms with Gasteiger partial charge < -0.3 is 5.32 Å². The molecule has 1 rings (SSSR count). The van der Waals surface area contributed by atoms with E-state index >= 15 is 0 Å². The lowest BCUT2D eigenvalue weighted by Crippen LogP contribution is -2.14. The maximum Gasteiger partial charge on any atom is 0.149 e. The van der Waals surface area contributed by atoms with Gasteiger partial charge in [0.25, 0.3) is 0 Å². The van der Waals surface area contributed by atoms with Crippen molar-refractivity contribution in [3.05, 3.63) is 28.2 Å². The van der Waals surface area contributed by atoms with Crippen molar-refractivity contribution in [2.75, 3.05) is 23.9 Å². The minimum atomic E-state index is -2.98. The van der Waals surface area contributed by atoms with E-state index in [0.29, 0.717) is 22.3 Å². The number of sulfone groups is 1. The van der Waals surface area contributed by atoms with Gasteiger partial charge in [0.15, 0.2) is 0 Å². The smallest absolute Gasteiger partial charge is 0.149 e. The number of halogens is 1. The largest absolute Gasteiger partial charge is 0.383 e. The number of hydrogen-bond acceptors (Lipinski definition) is 4. The fraction of sp³-hybridized carbons (Fsp3) is 0.300. The van der Waals surface area contributed by atoms with E-state index in [9.17, 15) is 8.42 Å². The van der Waals surface area contributed by atoms with Crippen LogP contribution in [0.25, 0.3) is 0 Å². The third-order valence-corrected chi connectivity index (χ3v) is 3.52. The van der Waals surface area contributed by atoms with E-state index in [0.717, 1.165) is 0 Å².